The maximum atomic E-state index is 13.1. The molecule has 2 rings (SSSR count). The summed E-state index contributed by atoms with van der Waals surface area (Å²) in [5.74, 6) is -0.230. The number of amides is 1. The Morgan fingerprint density at radius 2 is 1.84 bits per heavy atom. The number of anilines is 2. The van der Waals surface area contributed by atoms with E-state index in [-0.39, 0.29) is 5.91 Å². The first kappa shape index (κ1) is 23.7. The van der Waals surface area contributed by atoms with Crippen molar-refractivity contribution in [1.82, 2.24) is 0 Å². The minimum Gasteiger partial charge on any atom is -0.497 e. The van der Waals surface area contributed by atoms with E-state index in [2.05, 4.69) is 5.32 Å². The molecule has 31 heavy (non-hydrogen) atoms. The van der Waals surface area contributed by atoms with Crippen molar-refractivity contribution in [2.75, 3.05) is 38.0 Å². The van der Waals surface area contributed by atoms with E-state index < -0.39 is 11.9 Å². The maximum Gasteiger partial charge on any atom is 0.330 e. The summed E-state index contributed by atoms with van der Waals surface area (Å²) in [5.41, 5.74) is 2.64. The molecule has 0 fully saturated rings. The summed E-state index contributed by atoms with van der Waals surface area (Å²) in [7, 11) is 5.53. The van der Waals surface area contributed by atoms with Gasteiger partial charge in [-0.2, -0.15) is 0 Å². The van der Waals surface area contributed by atoms with Crippen molar-refractivity contribution in [3.63, 3.8) is 0 Å². The highest BCUT2D eigenvalue weighted by molar-refractivity contribution is 5.96. The summed E-state index contributed by atoms with van der Waals surface area (Å²) in [4.78, 5) is 26.5. The third kappa shape index (κ3) is 7.66. The zero-order valence-electron chi connectivity index (χ0n) is 18.5. The molecule has 6 heteroatoms. The standard InChI is InChI=1S/C25H30N2O4/c1-5-31-24(28)13-8-6-7-12-23(19-14-16-21(17-15-19)27(2)3)25(29)26-20-10-9-11-22(18-20)30-4/h6-11,13-18,23H,5,12H2,1-4H3,(H,26,29)/t23-/m1/s1. The Balaban J connectivity index is 2.18. The molecule has 0 spiro atoms. The van der Waals surface area contributed by atoms with Crippen LogP contribution in [0.4, 0.5) is 11.4 Å². The molecule has 6 nitrogen and oxygen atoms in total. The first-order chi connectivity index (χ1) is 14.9. The van der Waals surface area contributed by atoms with Crippen molar-refractivity contribution < 1.29 is 19.1 Å². The summed E-state index contributed by atoms with van der Waals surface area (Å²) in [6, 6.07) is 15.2. The number of esters is 1. The van der Waals surface area contributed by atoms with E-state index in [1.54, 1.807) is 32.3 Å². The molecule has 0 aliphatic heterocycles. The Kier molecular flexibility index (Phi) is 9.36. The fourth-order valence-electron chi connectivity index (χ4n) is 2.95. The third-order valence-electron chi connectivity index (χ3n) is 4.60. The SMILES string of the molecule is CCOC(=O)C=CC=CC[C@@H](C(=O)Nc1cccc(OC)c1)c1ccc(N(C)C)cc1. The van der Waals surface area contributed by atoms with Gasteiger partial charge >= 0.3 is 5.97 Å². The van der Waals surface area contributed by atoms with Gasteiger partial charge in [-0.25, -0.2) is 4.79 Å². The van der Waals surface area contributed by atoms with Crippen LogP contribution in [0.15, 0.2) is 72.8 Å². The van der Waals surface area contributed by atoms with Crippen LogP contribution in [0.5, 0.6) is 5.75 Å². The minimum absolute atomic E-state index is 0.120. The number of nitrogens with zero attached hydrogens (tertiary/aromatic N) is 1. The largest absolute Gasteiger partial charge is 0.497 e. The highest BCUT2D eigenvalue weighted by Gasteiger charge is 2.20. The number of carbonyl (C=O) groups excluding carboxylic acids is 2. The number of hydrogen-bond acceptors (Lipinski definition) is 5. The van der Waals surface area contributed by atoms with E-state index in [0.717, 1.165) is 11.3 Å². The van der Waals surface area contributed by atoms with E-state index in [9.17, 15) is 9.59 Å². The molecule has 1 N–H and O–H groups in total. The molecule has 164 valence electrons. The van der Waals surface area contributed by atoms with Gasteiger partial charge in [0.15, 0.2) is 0 Å². The third-order valence-corrected chi connectivity index (χ3v) is 4.60. The number of hydrogen-bond donors (Lipinski definition) is 1. The molecule has 0 aromatic heterocycles. The van der Waals surface area contributed by atoms with Gasteiger partial charge in [-0.05, 0) is 43.2 Å². The molecule has 0 saturated heterocycles. The molecule has 0 aliphatic carbocycles. The van der Waals surface area contributed by atoms with Crippen LogP contribution in [0.2, 0.25) is 0 Å². The van der Waals surface area contributed by atoms with Gasteiger partial charge in [0, 0.05) is 37.6 Å². The van der Waals surface area contributed by atoms with Crippen LogP contribution in [-0.4, -0.2) is 39.7 Å². The maximum absolute atomic E-state index is 13.1. The van der Waals surface area contributed by atoms with E-state index in [1.807, 2.05) is 67.5 Å². The van der Waals surface area contributed by atoms with Crippen molar-refractivity contribution in [1.29, 1.82) is 0 Å². The molecule has 0 saturated carbocycles. The van der Waals surface area contributed by atoms with Crippen LogP contribution in [0.25, 0.3) is 0 Å². The number of allylic oxidation sites excluding steroid dienone is 3. The predicted octanol–water partition coefficient (Wildman–Crippen LogP) is 4.55. The molecule has 0 radical (unpaired) electrons. The number of methoxy groups -OCH3 is 1. The fraction of sp³-hybridized carbons (Fsp3) is 0.280. The first-order valence-electron chi connectivity index (χ1n) is 10.2. The van der Waals surface area contributed by atoms with E-state index in [0.29, 0.717) is 24.5 Å². The summed E-state index contributed by atoms with van der Waals surface area (Å²) in [6.45, 7) is 2.09. The number of ether oxygens (including phenoxy) is 2. The molecule has 1 amide bonds. The normalized spacial score (nSPS) is 12.0. The van der Waals surface area contributed by atoms with Crippen LogP contribution < -0.4 is 15.0 Å². The number of nitrogens with one attached hydrogen (secondary N) is 1. The van der Waals surface area contributed by atoms with Gasteiger partial charge in [0.25, 0.3) is 0 Å². The molecule has 0 unspecified atom stereocenters. The lowest BCUT2D eigenvalue weighted by Crippen LogP contribution is -2.21. The molecule has 2 aromatic carbocycles. The lowest BCUT2D eigenvalue weighted by molar-refractivity contribution is -0.137. The second-order valence-electron chi connectivity index (χ2n) is 7.03. The summed E-state index contributed by atoms with van der Waals surface area (Å²) < 4.78 is 10.1. The minimum atomic E-state index is -0.394. The average Bonchev–Trinajstić information content (AvgIpc) is 2.76. The van der Waals surface area contributed by atoms with Crippen molar-refractivity contribution >= 4 is 23.3 Å². The zero-order valence-corrected chi connectivity index (χ0v) is 18.5. The second-order valence-corrected chi connectivity index (χ2v) is 7.03. The van der Waals surface area contributed by atoms with E-state index in [1.165, 1.54) is 6.08 Å². The zero-order chi connectivity index (χ0) is 22.6. The molecule has 0 heterocycles. The van der Waals surface area contributed by atoms with Gasteiger partial charge < -0.3 is 19.7 Å². The summed E-state index contributed by atoms with van der Waals surface area (Å²) in [5, 5.41) is 2.97. The van der Waals surface area contributed by atoms with Gasteiger partial charge in [0.1, 0.15) is 5.75 Å². The van der Waals surface area contributed by atoms with Gasteiger partial charge in [0.2, 0.25) is 5.91 Å². The molecule has 0 bridgehead atoms. The van der Waals surface area contributed by atoms with E-state index in [4.69, 9.17) is 9.47 Å². The van der Waals surface area contributed by atoms with Crippen molar-refractivity contribution in [3.05, 3.63) is 78.4 Å². The topological polar surface area (TPSA) is 67.9 Å². The monoisotopic (exact) mass is 422 g/mol. The van der Waals surface area contributed by atoms with Crippen molar-refractivity contribution in [2.24, 2.45) is 0 Å². The van der Waals surface area contributed by atoms with E-state index >= 15 is 0 Å². The van der Waals surface area contributed by atoms with Gasteiger partial charge in [-0.3, -0.25) is 4.79 Å². The number of benzene rings is 2. The van der Waals surface area contributed by atoms with Crippen LogP contribution in [0.1, 0.15) is 24.8 Å². The number of rotatable bonds is 10. The molecule has 2 aromatic rings. The van der Waals surface area contributed by atoms with Gasteiger partial charge in [-0.1, -0.05) is 36.4 Å². The average molecular weight is 423 g/mol. The smallest absolute Gasteiger partial charge is 0.330 e. The quantitative estimate of drug-likeness (QED) is 0.346. The summed E-state index contributed by atoms with van der Waals surface area (Å²) >= 11 is 0. The Hall–Kier alpha value is -3.54. The Bertz CT molecular complexity index is 917. The summed E-state index contributed by atoms with van der Waals surface area (Å²) in [6.07, 6.45) is 7.06. The molecular formula is C25H30N2O4. The van der Waals surface area contributed by atoms with Gasteiger partial charge in [-0.15, -0.1) is 0 Å². The van der Waals surface area contributed by atoms with Crippen molar-refractivity contribution in [3.8, 4) is 5.75 Å². The fourth-order valence-corrected chi connectivity index (χ4v) is 2.95. The lowest BCUT2D eigenvalue weighted by Gasteiger charge is -2.18. The Labute approximate surface area is 184 Å². The second kappa shape index (κ2) is 12.2. The Morgan fingerprint density at radius 3 is 2.48 bits per heavy atom. The van der Waals surface area contributed by atoms with Crippen molar-refractivity contribution in [2.45, 2.75) is 19.3 Å². The first-order valence-corrected chi connectivity index (χ1v) is 10.2. The highest BCUT2D eigenvalue weighted by atomic mass is 16.5. The van der Waals surface area contributed by atoms with Gasteiger partial charge in [0.05, 0.1) is 19.6 Å². The molecule has 0 aliphatic rings. The Morgan fingerprint density at radius 1 is 1.10 bits per heavy atom. The predicted molar refractivity (Wildman–Crippen MR) is 125 cm³/mol. The highest BCUT2D eigenvalue weighted by Crippen LogP contribution is 2.26. The van der Waals surface area contributed by atoms with Crippen LogP contribution in [0.3, 0.4) is 0 Å². The molecule has 1 atom stereocenters. The van der Waals surface area contributed by atoms with Crippen LogP contribution >= 0.6 is 0 Å². The van der Waals surface area contributed by atoms with Crippen LogP contribution in [-0.2, 0) is 14.3 Å². The number of carbonyl (C=O) groups is 2. The molecular weight excluding hydrogens is 392 g/mol. The lowest BCUT2D eigenvalue weighted by atomic mass is 9.94. The van der Waals surface area contributed by atoms with Crippen LogP contribution in [0, 0.1) is 0 Å².